The fraction of sp³-hybridized carbons (Fsp3) is 0.304. The second kappa shape index (κ2) is 12.1. The van der Waals surface area contributed by atoms with Crippen LogP contribution in [0.1, 0.15) is 31.3 Å². The van der Waals surface area contributed by atoms with E-state index in [0.717, 1.165) is 11.3 Å². The maximum atomic E-state index is 12.5. The predicted octanol–water partition coefficient (Wildman–Crippen LogP) is 4.76. The Morgan fingerprint density at radius 3 is 2.53 bits per heavy atom. The number of halogens is 2. The van der Waals surface area contributed by atoms with Gasteiger partial charge in [-0.1, -0.05) is 53.2 Å². The molecular formula is C23H25Cl2N5O3S. The topological polar surface area (TPSA) is 98.1 Å². The molecule has 1 aromatic heterocycles. The third-order valence-electron chi connectivity index (χ3n) is 4.91. The minimum absolute atomic E-state index is 0.110. The van der Waals surface area contributed by atoms with Gasteiger partial charge in [-0.3, -0.25) is 9.59 Å². The van der Waals surface area contributed by atoms with Crippen LogP contribution >= 0.6 is 35.0 Å². The molecule has 0 spiro atoms. The van der Waals surface area contributed by atoms with Crippen LogP contribution in [0.2, 0.25) is 10.0 Å². The SMILES string of the molecule is CCn1c(SCC(=O)Nc2cccc(Cl)c2Cl)nnc1[C@@H](C)NC(=O)Cc1ccc(OC)cc1. The number of nitrogens with one attached hydrogen (secondary N) is 2. The van der Waals surface area contributed by atoms with E-state index >= 15 is 0 Å². The number of benzene rings is 2. The Morgan fingerprint density at radius 1 is 1.12 bits per heavy atom. The van der Waals surface area contributed by atoms with Crippen LogP contribution in [0.3, 0.4) is 0 Å². The highest BCUT2D eigenvalue weighted by molar-refractivity contribution is 7.99. The molecule has 0 aliphatic rings. The highest BCUT2D eigenvalue weighted by Crippen LogP contribution is 2.30. The first-order chi connectivity index (χ1) is 16.3. The number of hydrogen-bond donors (Lipinski definition) is 2. The molecule has 1 heterocycles. The Bertz CT molecular complexity index is 1150. The van der Waals surface area contributed by atoms with Crippen molar-refractivity contribution in [3.8, 4) is 5.75 Å². The Hall–Kier alpha value is -2.75. The van der Waals surface area contributed by atoms with Gasteiger partial charge in [-0.25, -0.2) is 0 Å². The molecule has 0 saturated heterocycles. The van der Waals surface area contributed by atoms with Crippen LogP contribution in [-0.2, 0) is 22.6 Å². The largest absolute Gasteiger partial charge is 0.497 e. The van der Waals surface area contributed by atoms with Crippen molar-refractivity contribution in [3.63, 3.8) is 0 Å². The molecule has 3 rings (SSSR count). The van der Waals surface area contributed by atoms with Crippen molar-refractivity contribution in [2.45, 2.75) is 38.0 Å². The molecule has 11 heteroatoms. The van der Waals surface area contributed by atoms with Crippen LogP contribution in [0, 0.1) is 0 Å². The second-order valence-electron chi connectivity index (χ2n) is 7.34. The number of anilines is 1. The van der Waals surface area contributed by atoms with Crippen molar-refractivity contribution in [1.29, 1.82) is 0 Å². The standard InChI is InChI=1S/C23H25Cl2N5O3S/c1-4-30-22(14(2)26-19(31)12-15-8-10-16(33-3)11-9-15)28-29-23(30)34-13-20(32)27-18-7-5-6-17(24)21(18)25/h5-11,14H,4,12-13H2,1-3H3,(H,26,31)(H,27,32)/t14-/m1/s1. The summed E-state index contributed by atoms with van der Waals surface area (Å²) in [4.78, 5) is 24.9. The Morgan fingerprint density at radius 2 is 1.85 bits per heavy atom. The average Bonchev–Trinajstić information content (AvgIpc) is 3.24. The first-order valence-electron chi connectivity index (χ1n) is 10.5. The number of thioether (sulfide) groups is 1. The molecule has 2 N–H and O–H groups in total. The maximum absolute atomic E-state index is 12.5. The Balaban J connectivity index is 1.58. The van der Waals surface area contributed by atoms with Gasteiger partial charge in [-0.05, 0) is 43.7 Å². The van der Waals surface area contributed by atoms with E-state index in [-0.39, 0.29) is 30.0 Å². The fourth-order valence-electron chi connectivity index (χ4n) is 3.23. The lowest BCUT2D eigenvalue weighted by Crippen LogP contribution is -2.30. The van der Waals surface area contributed by atoms with E-state index in [1.165, 1.54) is 11.8 Å². The lowest BCUT2D eigenvalue weighted by Gasteiger charge is -2.15. The summed E-state index contributed by atoms with van der Waals surface area (Å²) < 4.78 is 7.02. The lowest BCUT2D eigenvalue weighted by atomic mass is 10.1. The molecule has 3 aromatic rings. The number of hydrogen-bond acceptors (Lipinski definition) is 6. The number of rotatable bonds is 10. The second-order valence-corrected chi connectivity index (χ2v) is 9.06. The lowest BCUT2D eigenvalue weighted by molar-refractivity contribution is -0.121. The summed E-state index contributed by atoms with van der Waals surface area (Å²) in [7, 11) is 1.60. The van der Waals surface area contributed by atoms with Crippen LogP contribution in [-0.4, -0.2) is 39.4 Å². The van der Waals surface area contributed by atoms with Gasteiger partial charge < -0.3 is 19.9 Å². The summed E-state index contributed by atoms with van der Waals surface area (Å²) in [6.45, 7) is 4.39. The van der Waals surface area contributed by atoms with Crippen molar-refractivity contribution in [2.24, 2.45) is 0 Å². The fourth-order valence-corrected chi connectivity index (χ4v) is 4.38. The number of methoxy groups -OCH3 is 1. The van der Waals surface area contributed by atoms with E-state index in [9.17, 15) is 9.59 Å². The van der Waals surface area contributed by atoms with Crippen molar-refractivity contribution < 1.29 is 14.3 Å². The van der Waals surface area contributed by atoms with Crippen molar-refractivity contribution in [2.75, 3.05) is 18.2 Å². The molecule has 180 valence electrons. The van der Waals surface area contributed by atoms with Gasteiger partial charge in [-0.2, -0.15) is 0 Å². The summed E-state index contributed by atoms with van der Waals surface area (Å²) in [6, 6.07) is 12.0. The molecule has 0 aliphatic carbocycles. The van der Waals surface area contributed by atoms with E-state index in [2.05, 4.69) is 20.8 Å². The van der Waals surface area contributed by atoms with Crippen molar-refractivity contribution >= 4 is 52.5 Å². The number of carbonyl (C=O) groups is 2. The Kier molecular flexibility index (Phi) is 9.20. The quantitative estimate of drug-likeness (QED) is 0.373. The van der Waals surface area contributed by atoms with Gasteiger partial charge in [0.2, 0.25) is 11.8 Å². The van der Waals surface area contributed by atoms with Crippen LogP contribution in [0.15, 0.2) is 47.6 Å². The first-order valence-corrected chi connectivity index (χ1v) is 12.3. The molecule has 0 saturated carbocycles. The van der Waals surface area contributed by atoms with Crippen molar-refractivity contribution in [3.05, 3.63) is 63.9 Å². The molecular weight excluding hydrogens is 497 g/mol. The molecule has 2 aromatic carbocycles. The normalized spacial score (nSPS) is 11.7. The highest BCUT2D eigenvalue weighted by Gasteiger charge is 2.20. The van der Waals surface area contributed by atoms with Gasteiger partial charge in [0.15, 0.2) is 11.0 Å². The van der Waals surface area contributed by atoms with Gasteiger partial charge in [0, 0.05) is 6.54 Å². The predicted molar refractivity (Wildman–Crippen MR) is 135 cm³/mol. The van der Waals surface area contributed by atoms with E-state index in [0.29, 0.717) is 33.3 Å². The van der Waals surface area contributed by atoms with E-state index in [4.69, 9.17) is 27.9 Å². The first kappa shape index (κ1) is 25.9. The molecule has 2 amide bonds. The molecule has 0 fully saturated rings. The minimum atomic E-state index is -0.355. The average molecular weight is 522 g/mol. The zero-order valence-corrected chi connectivity index (χ0v) is 21.3. The molecule has 0 unspecified atom stereocenters. The molecule has 0 radical (unpaired) electrons. The molecule has 1 atom stereocenters. The van der Waals surface area contributed by atoms with Gasteiger partial charge in [0.05, 0.1) is 41.1 Å². The third-order valence-corrected chi connectivity index (χ3v) is 6.69. The molecule has 0 aliphatic heterocycles. The maximum Gasteiger partial charge on any atom is 0.234 e. The van der Waals surface area contributed by atoms with Gasteiger partial charge in [0.25, 0.3) is 0 Å². The summed E-state index contributed by atoms with van der Waals surface area (Å²) in [5.74, 6) is 1.09. The number of aromatic nitrogens is 3. The molecule has 34 heavy (non-hydrogen) atoms. The molecule has 8 nitrogen and oxygen atoms in total. The van der Waals surface area contributed by atoms with E-state index in [1.54, 1.807) is 25.3 Å². The van der Waals surface area contributed by atoms with Crippen LogP contribution in [0.5, 0.6) is 5.75 Å². The highest BCUT2D eigenvalue weighted by atomic mass is 35.5. The van der Waals surface area contributed by atoms with Crippen LogP contribution < -0.4 is 15.4 Å². The summed E-state index contributed by atoms with van der Waals surface area (Å²) in [5, 5.41) is 15.4. The number of nitrogens with zero attached hydrogens (tertiary/aromatic N) is 3. The smallest absolute Gasteiger partial charge is 0.234 e. The van der Waals surface area contributed by atoms with E-state index < -0.39 is 0 Å². The monoisotopic (exact) mass is 521 g/mol. The number of ether oxygens (including phenoxy) is 1. The van der Waals surface area contributed by atoms with E-state index in [1.807, 2.05) is 42.7 Å². The Labute approximate surface area is 212 Å². The summed E-state index contributed by atoms with van der Waals surface area (Å²) >= 11 is 13.4. The number of carbonyl (C=O) groups excluding carboxylic acids is 2. The zero-order valence-electron chi connectivity index (χ0n) is 19.0. The molecule has 0 bridgehead atoms. The number of amides is 2. The van der Waals surface area contributed by atoms with Crippen LogP contribution in [0.25, 0.3) is 0 Å². The van der Waals surface area contributed by atoms with Gasteiger partial charge in [0.1, 0.15) is 5.75 Å². The summed E-state index contributed by atoms with van der Waals surface area (Å²) in [5.41, 5.74) is 1.33. The third kappa shape index (κ3) is 6.65. The van der Waals surface area contributed by atoms with Crippen LogP contribution in [0.4, 0.5) is 5.69 Å². The van der Waals surface area contributed by atoms with Gasteiger partial charge in [-0.15, -0.1) is 10.2 Å². The summed E-state index contributed by atoms with van der Waals surface area (Å²) in [6.07, 6.45) is 0.239. The van der Waals surface area contributed by atoms with Crippen molar-refractivity contribution in [1.82, 2.24) is 20.1 Å². The zero-order chi connectivity index (χ0) is 24.7. The minimum Gasteiger partial charge on any atom is -0.497 e. The van der Waals surface area contributed by atoms with Gasteiger partial charge >= 0.3 is 0 Å².